The lowest BCUT2D eigenvalue weighted by Gasteiger charge is -2.46. The molecule has 2 heterocycles. The zero-order valence-corrected chi connectivity index (χ0v) is 20.2. The molecule has 0 radical (unpaired) electrons. The second-order valence-corrected chi connectivity index (χ2v) is 10.9. The first-order valence-corrected chi connectivity index (χ1v) is 12.3. The molecule has 1 aliphatic carbocycles. The highest BCUT2D eigenvalue weighted by atomic mass is 19.1. The Balaban J connectivity index is 1.52. The number of hydrogen-bond acceptors (Lipinski definition) is 4. The molecular weight excluding hydrogens is 413 g/mol. The second kappa shape index (κ2) is 8.33. The highest BCUT2D eigenvalue weighted by molar-refractivity contribution is 5.69. The van der Waals surface area contributed by atoms with E-state index in [2.05, 4.69) is 49.6 Å². The third-order valence-electron chi connectivity index (χ3n) is 7.59. The van der Waals surface area contributed by atoms with Crippen LogP contribution in [-0.2, 0) is 17.8 Å². The summed E-state index contributed by atoms with van der Waals surface area (Å²) < 4.78 is 19.7. The van der Waals surface area contributed by atoms with E-state index in [1.807, 2.05) is 12.1 Å². The normalized spacial score (nSPS) is 22.3. The van der Waals surface area contributed by atoms with Gasteiger partial charge in [0.25, 0.3) is 0 Å². The first-order chi connectivity index (χ1) is 15.8. The van der Waals surface area contributed by atoms with Gasteiger partial charge < -0.3 is 14.5 Å². The van der Waals surface area contributed by atoms with E-state index in [1.54, 1.807) is 12.1 Å². The molecule has 2 aromatic rings. The van der Waals surface area contributed by atoms with E-state index in [0.29, 0.717) is 18.4 Å². The van der Waals surface area contributed by atoms with Crippen LogP contribution in [0.4, 0.5) is 15.8 Å². The molecule has 2 fully saturated rings. The van der Waals surface area contributed by atoms with Gasteiger partial charge in [-0.15, -0.1) is 0 Å². The van der Waals surface area contributed by atoms with Crippen molar-refractivity contribution in [3.8, 4) is 6.07 Å². The van der Waals surface area contributed by atoms with Gasteiger partial charge in [0.2, 0.25) is 0 Å². The van der Waals surface area contributed by atoms with E-state index in [4.69, 9.17) is 4.74 Å². The molecule has 1 saturated heterocycles. The quantitative estimate of drug-likeness (QED) is 0.596. The number of fused-ring (bicyclic) bond motifs is 1. The van der Waals surface area contributed by atoms with Crippen LogP contribution < -0.4 is 9.80 Å². The third-order valence-corrected chi connectivity index (χ3v) is 7.59. The molecule has 33 heavy (non-hydrogen) atoms. The molecule has 1 atom stereocenters. The van der Waals surface area contributed by atoms with Crippen LogP contribution in [0.3, 0.4) is 0 Å². The summed E-state index contributed by atoms with van der Waals surface area (Å²) in [4.78, 5) is 4.83. The van der Waals surface area contributed by atoms with Crippen molar-refractivity contribution in [2.24, 2.45) is 5.92 Å². The van der Waals surface area contributed by atoms with Crippen LogP contribution in [0.5, 0.6) is 0 Å². The summed E-state index contributed by atoms with van der Waals surface area (Å²) in [5.41, 5.74) is 6.62. The Morgan fingerprint density at radius 1 is 1.12 bits per heavy atom. The smallest absolute Gasteiger partial charge is 0.123 e. The van der Waals surface area contributed by atoms with Gasteiger partial charge in [0.1, 0.15) is 11.9 Å². The monoisotopic (exact) mass is 447 g/mol. The highest BCUT2D eigenvalue weighted by Gasteiger charge is 2.37. The number of nitrogens with zero attached hydrogens (tertiary/aromatic N) is 3. The molecule has 0 aromatic heterocycles. The molecule has 4 nitrogen and oxygen atoms in total. The van der Waals surface area contributed by atoms with Crippen molar-refractivity contribution in [2.45, 2.75) is 71.1 Å². The number of rotatable bonds is 4. The summed E-state index contributed by atoms with van der Waals surface area (Å²) in [6.45, 7) is 11.9. The minimum absolute atomic E-state index is 0.203. The molecule has 2 aromatic carbocycles. The maximum atomic E-state index is 13.5. The molecule has 5 heteroatoms. The lowest BCUT2D eigenvalue weighted by Crippen LogP contribution is -2.56. The molecule has 0 unspecified atom stereocenters. The van der Waals surface area contributed by atoms with Gasteiger partial charge in [-0.2, -0.15) is 5.26 Å². The van der Waals surface area contributed by atoms with Crippen molar-refractivity contribution < 1.29 is 9.13 Å². The molecule has 0 bridgehead atoms. The number of benzene rings is 2. The van der Waals surface area contributed by atoms with Gasteiger partial charge >= 0.3 is 0 Å². The average molecular weight is 448 g/mol. The minimum Gasteiger partial charge on any atom is -0.371 e. The van der Waals surface area contributed by atoms with Gasteiger partial charge in [0, 0.05) is 37.8 Å². The topological polar surface area (TPSA) is 39.5 Å². The Labute approximate surface area is 197 Å². The van der Waals surface area contributed by atoms with E-state index in [0.717, 1.165) is 43.0 Å². The van der Waals surface area contributed by atoms with Crippen LogP contribution in [0.15, 0.2) is 30.3 Å². The molecule has 5 rings (SSSR count). The van der Waals surface area contributed by atoms with Crippen LogP contribution >= 0.6 is 0 Å². The molecule has 0 N–H and O–H groups in total. The Kier molecular flexibility index (Phi) is 5.61. The molecule has 0 amide bonds. The van der Waals surface area contributed by atoms with Gasteiger partial charge in [0.05, 0.1) is 23.5 Å². The number of anilines is 2. The maximum Gasteiger partial charge on any atom is 0.123 e. The van der Waals surface area contributed by atoms with Crippen molar-refractivity contribution in [3.63, 3.8) is 0 Å². The lowest BCUT2D eigenvalue weighted by molar-refractivity contribution is -0.0405. The fraction of sp³-hybridized carbons (Fsp3) is 0.536. The molecule has 1 saturated carbocycles. The number of nitriles is 1. The predicted octanol–water partition coefficient (Wildman–Crippen LogP) is 5.78. The molecule has 174 valence electrons. The van der Waals surface area contributed by atoms with E-state index in [1.165, 1.54) is 29.5 Å². The molecule has 0 spiro atoms. The molecule has 2 aliphatic heterocycles. The third kappa shape index (κ3) is 4.22. The fourth-order valence-electron chi connectivity index (χ4n) is 5.58. The average Bonchev–Trinajstić information content (AvgIpc) is 3.63. The zero-order chi connectivity index (χ0) is 23.3. The second-order valence-electron chi connectivity index (χ2n) is 10.9. The van der Waals surface area contributed by atoms with Gasteiger partial charge in [-0.3, -0.25) is 0 Å². The van der Waals surface area contributed by atoms with Crippen molar-refractivity contribution in [3.05, 3.63) is 58.4 Å². The Morgan fingerprint density at radius 3 is 2.48 bits per heavy atom. The summed E-state index contributed by atoms with van der Waals surface area (Å²) in [6, 6.07) is 12.0. The standard InChI is InChI=1S/C28H34FN3O/c1-18(2)27-16-31(11-12-32(27)21-9-7-20(29)8-10-21)26-13-22(19-5-6-19)25-17-33-28(3,4)14-23(25)24(26)15-30/h7-10,13,18-19,27H,5-6,11-12,14,16-17H2,1-4H3/t27-/m0/s1. The van der Waals surface area contributed by atoms with Crippen LogP contribution in [0.1, 0.15) is 68.7 Å². The summed E-state index contributed by atoms with van der Waals surface area (Å²) in [5, 5.41) is 10.3. The van der Waals surface area contributed by atoms with Crippen LogP contribution in [-0.4, -0.2) is 31.3 Å². The maximum absolute atomic E-state index is 13.5. The number of halogens is 1. The molecular formula is C28H34FN3O. The number of piperazine rings is 1. The zero-order valence-electron chi connectivity index (χ0n) is 20.2. The lowest BCUT2D eigenvalue weighted by atomic mass is 9.83. The number of hydrogen-bond donors (Lipinski definition) is 0. The minimum atomic E-state index is -0.250. The van der Waals surface area contributed by atoms with Crippen LogP contribution in [0.25, 0.3) is 0 Å². The Morgan fingerprint density at radius 2 is 1.85 bits per heavy atom. The van der Waals surface area contributed by atoms with E-state index < -0.39 is 0 Å². The summed E-state index contributed by atoms with van der Waals surface area (Å²) >= 11 is 0. The summed E-state index contributed by atoms with van der Waals surface area (Å²) in [5.74, 6) is 0.832. The van der Waals surface area contributed by atoms with Gasteiger partial charge in [-0.05, 0) is 85.5 Å². The van der Waals surface area contributed by atoms with Gasteiger partial charge in [0.15, 0.2) is 0 Å². The highest BCUT2D eigenvalue weighted by Crippen LogP contribution is 2.47. The van der Waals surface area contributed by atoms with Gasteiger partial charge in [-0.1, -0.05) is 13.8 Å². The van der Waals surface area contributed by atoms with E-state index in [-0.39, 0.29) is 17.5 Å². The number of ether oxygens (including phenoxy) is 1. The van der Waals surface area contributed by atoms with Crippen molar-refractivity contribution >= 4 is 11.4 Å². The predicted molar refractivity (Wildman–Crippen MR) is 130 cm³/mol. The SMILES string of the molecule is CC(C)[C@@H]1CN(c2cc(C3CC3)c3c(c2C#N)CC(C)(C)OC3)CCN1c1ccc(F)cc1. The Bertz CT molecular complexity index is 1080. The first kappa shape index (κ1) is 22.2. The van der Waals surface area contributed by atoms with Crippen molar-refractivity contribution in [1.29, 1.82) is 5.26 Å². The van der Waals surface area contributed by atoms with Gasteiger partial charge in [-0.25, -0.2) is 4.39 Å². The van der Waals surface area contributed by atoms with E-state index in [9.17, 15) is 9.65 Å². The van der Waals surface area contributed by atoms with E-state index >= 15 is 0 Å². The van der Waals surface area contributed by atoms with Crippen molar-refractivity contribution in [2.75, 3.05) is 29.4 Å². The van der Waals surface area contributed by atoms with Crippen LogP contribution in [0.2, 0.25) is 0 Å². The summed E-state index contributed by atoms with van der Waals surface area (Å²) in [7, 11) is 0. The first-order valence-electron chi connectivity index (χ1n) is 12.3. The largest absolute Gasteiger partial charge is 0.371 e. The van der Waals surface area contributed by atoms with Crippen molar-refractivity contribution in [1.82, 2.24) is 0 Å². The fourth-order valence-corrected chi connectivity index (χ4v) is 5.58. The Hall–Kier alpha value is -2.58. The van der Waals surface area contributed by atoms with Crippen LogP contribution in [0, 0.1) is 23.1 Å². The summed E-state index contributed by atoms with van der Waals surface area (Å²) in [6.07, 6.45) is 3.24. The molecule has 3 aliphatic rings.